The minimum absolute atomic E-state index is 0. The van der Waals surface area contributed by atoms with Crippen LogP contribution in [0.1, 0.15) is 37.5 Å². The SMILES string of the molecule is Cc1cc(C2=N[C@H](C(C)(C)C)CO2)[c-]c(-n2c3[c-]c(-c4cc(C)ccn4)ccc3c3ccccc32)c1.[Pt+2]. The molecule has 4 nitrogen and oxygen atoms in total. The van der Waals surface area contributed by atoms with Crippen molar-refractivity contribution in [3.8, 4) is 16.9 Å². The molecule has 188 valence electrons. The second kappa shape index (κ2) is 9.58. The largest absolute Gasteiger partial charge is 2.00 e. The summed E-state index contributed by atoms with van der Waals surface area (Å²) in [5.74, 6) is 0.675. The summed E-state index contributed by atoms with van der Waals surface area (Å²) in [6, 6.07) is 28.6. The first kappa shape index (κ1) is 25.4. The van der Waals surface area contributed by atoms with E-state index in [1.807, 2.05) is 12.3 Å². The number of ether oxygens (including phenoxy) is 1. The Hall–Kier alpha value is -3.23. The monoisotopic (exact) mass is 666 g/mol. The minimum atomic E-state index is 0. The number of nitrogens with zero attached hydrogens (tertiary/aromatic N) is 3. The van der Waals surface area contributed by atoms with Gasteiger partial charge in [0.2, 0.25) is 0 Å². The van der Waals surface area contributed by atoms with Crippen LogP contribution in [0.3, 0.4) is 0 Å². The summed E-state index contributed by atoms with van der Waals surface area (Å²) >= 11 is 0. The third-order valence-corrected chi connectivity index (χ3v) is 6.90. The Morgan fingerprint density at radius 2 is 1.70 bits per heavy atom. The van der Waals surface area contributed by atoms with Crippen LogP contribution in [0.4, 0.5) is 0 Å². The number of aliphatic imine (C=N–C) groups is 1. The van der Waals surface area contributed by atoms with E-state index in [1.54, 1.807) is 0 Å². The third-order valence-electron chi connectivity index (χ3n) is 6.90. The number of aromatic nitrogens is 2. The Labute approximate surface area is 232 Å². The van der Waals surface area contributed by atoms with Crippen LogP contribution in [0.25, 0.3) is 38.8 Å². The molecule has 0 radical (unpaired) electrons. The number of hydrogen-bond acceptors (Lipinski definition) is 3. The molecule has 0 unspecified atom stereocenters. The summed E-state index contributed by atoms with van der Waals surface area (Å²) in [4.78, 5) is 9.52. The zero-order valence-electron chi connectivity index (χ0n) is 21.7. The van der Waals surface area contributed by atoms with E-state index >= 15 is 0 Å². The molecule has 5 aromatic rings. The van der Waals surface area contributed by atoms with Gasteiger partial charge in [-0.1, -0.05) is 68.5 Å². The maximum atomic E-state index is 6.06. The summed E-state index contributed by atoms with van der Waals surface area (Å²) in [6.07, 6.45) is 1.85. The molecule has 0 fully saturated rings. The van der Waals surface area contributed by atoms with Gasteiger partial charge in [0, 0.05) is 11.7 Å². The molecule has 6 rings (SSSR count). The van der Waals surface area contributed by atoms with Crippen LogP contribution >= 0.6 is 0 Å². The van der Waals surface area contributed by atoms with Gasteiger partial charge in [0.15, 0.2) is 0 Å². The van der Waals surface area contributed by atoms with Crippen LogP contribution < -0.4 is 0 Å². The molecule has 0 aliphatic carbocycles. The van der Waals surface area contributed by atoms with E-state index in [-0.39, 0.29) is 32.5 Å². The van der Waals surface area contributed by atoms with Gasteiger partial charge in [-0.25, -0.2) is 0 Å². The van der Waals surface area contributed by atoms with Gasteiger partial charge in [-0.2, -0.15) is 0 Å². The Morgan fingerprint density at radius 3 is 2.46 bits per heavy atom. The average molecular weight is 667 g/mol. The van der Waals surface area contributed by atoms with Crippen molar-refractivity contribution in [1.29, 1.82) is 0 Å². The molecular weight excluding hydrogens is 637 g/mol. The van der Waals surface area contributed by atoms with E-state index in [4.69, 9.17) is 9.73 Å². The molecule has 37 heavy (non-hydrogen) atoms. The molecule has 2 aromatic heterocycles. The molecule has 1 aliphatic rings. The van der Waals surface area contributed by atoms with Gasteiger partial charge in [-0.15, -0.1) is 47.5 Å². The molecule has 0 bridgehead atoms. The first-order valence-electron chi connectivity index (χ1n) is 12.4. The molecule has 3 heterocycles. The number of hydrogen-bond donors (Lipinski definition) is 0. The van der Waals surface area contributed by atoms with E-state index in [9.17, 15) is 0 Å². The van der Waals surface area contributed by atoms with Gasteiger partial charge in [-0.3, -0.25) is 4.99 Å². The maximum Gasteiger partial charge on any atom is 2.00 e. The Balaban J connectivity index is 0.00000280. The number of fused-ring (bicyclic) bond motifs is 3. The fourth-order valence-corrected chi connectivity index (χ4v) is 4.87. The number of benzene rings is 3. The summed E-state index contributed by atoms with van der Waals surface area (Å²) in [6.45, 7) is 11.4. The van der Waals surface area contributed by atoms with Gasteiger partial charge >= 0.3 is 21.1 Å². The number of rotatable bonds is 3. The molecule has 0 spiro atoms. The summed E-state index contributed by atoms with van der Waals surface area (Å²) < 4.78 is 8.31. The quantitative estimate of drug-likeness (QED) is 0.191. The maximum absolute atomic E-state index is 6.06. The number of pyridine rings is 1. The molecule has 1 atom stereocenters. The minimum Gasteiger partial charge on any atom is -0.518 e. The first-order valence-corrected chi connectivity index (χ1v) is 12.4. The van der Waals surface area contributed by atoms with Crippen molar-refractivity contribution in [2.75, 3.05) is 6.61 Å². The predicted octanol–water partition coefficient (Wildman–Crippen LogP) is 7.25. The zero-order chi connectivity index (χ0) is 25.0. The van der Waals surface area contributed by atoms with Gasteiger partial charge in [0.05, 0.1) is 12.6 Å². The predicted molar refractivity (Wildman–Crippen MR) is 147 cm³/mol. The van der Waals surface area contributed by atoms with Crippen LogP contribution in [0.15, 0.2) is 71.9 Å². The average Bonchev–Trinajstić information content (AvgIpc) is 3.47. The fraction of sp³-hybridized carbons (Fsp3) is 0.250. The molecule has 5 heteroatoms. The van der Waals surface area contributed by atoms with E-state index in [1.165, 1.54) is 10.9 Å². The van der Waals surface area contributed by atoms with E-state index in [0.29, 0.717) is 12.5 Å². The van der Waals surface area contributed by atoms with Crippen molar-refractivity contribution < 1.29 is 25.8 Å². The number of para-hydroxylation sites is 1. The molecule has 0 saturated carbocycles. The van der Waals surface area contributed by atoms with E-state index in [0.717, 1.165) is 44.5 Å². The van der Waals surface area contributed by atoms with E-state index in [2.05, 4.69) is 111 Å². The Bertz CT molecular complexity index is 1660. The Kier molecular flexibility index (Phi) is 6.58. The topological polar surface area (TPSA) is 39.4 Å². The second-order valence-electron chi connectivity index (χ2n) is 10.8. The van der Waals surface area contributed by atoms with Crippen molar-refractivity contribution in [1.82, 2.24) is 9.55 Å². The van der Waals surface area contributed by atoms with Crippen LogP contribution in [0, 0.1) is 31.4 Å². The van der Waals surface area contributed by atoms with Crippen LogP contribution in [-0.2, 0) is 25.8 Å². The van der Waals surface area contributed by atoms with Crippen LogP contribution in [0.2, 0.25) is 0 Å². The van der Waals surface area contributed by atoms with Crippen molar-refractivity contribution in [2.45, 2.75) is 40.7 Å². The van der Waals surface area contributed by atoms with E-state index < -0.39 is 0 Å². The van der Waals surface area contributed by atoms with Crippen molar-refractivity contribution in [3.05, 3.63) is 95.7 Å². The normalized spacial score (nSPS) is 15.5. The fourth-order valence-electron chi connectivity index (χ4n) is 4.87. The van der Waals surface area contributed by atoms with Crippen molar-refractivity contribution >= 4 is 27.7 Å². The van der Waals surface area contributed by atoms with Crippen LogP contribution in [0.5, 0.6) is 0 Å². The standard InChI is InChI=1S/C32H29N3O.Pt/c1-20-12-13-33-27(16-20)22-10-11-26-25-8-6-7-9-28(25)35(29(26)18-22)24-15-21(2)14-23(17-24)31-34-30(19-36-31)32(3,4)5;/h6-16,30H,19H2,1-5H3;/q-2;+2/t30-;/m0./s1. The first-order chi connectivity index (χ1) is 17.3. The zero-order valence-corrected chi connectivity index (χ0v) is 24.0. The Morgan fingerprint density at radius 1 is 0.892 bits per heavy atom. The van der Waals surface area contributed by atoms with Crippen molar-refractivity contribution in [2.24, 2.45) is 10.4 Å². The van der Waals surface area contributed by atoms with Crippen LogP contribution in [-0.4, -0.2) is 28.1 Å². The number of aryl methyl sites for hydroxylation is 2. The summed E-state index contributed by atoms with van der Waals surface area (Å²) in [7, 11) is 0. The second-order valence-corrected chi connectivity index (χ2v) is 10.8. The summed E-state index contributed by atoms with van der Waals surface area (Å²) in [5.41, 5.74) is 8.22. The third kappa shape index (κ3) is 4.64. The van der Waals surface area contributed by atoms with Crippen molar-refractivity contribution in [3.63, 3.8) is 0 Å². The molecule has 3 aromatic carbocycles. The molecule has 0 N–H and O–H groups in total. The van der Waals surface area contributed by atoms with Gasteiger partial charge in [0.1, 0.15) is 5.90 Å². The molecule has 0 saturated heterocycles. The van der Waals surface area contributed by atoms with Gasteiger partial charge in [0.25, 0.3) is 0 Å². The molecule has 0 amide bonds. The summed E-state index contributed by atoms with van der Waals surface area (Å²) in [5, 5.41) is 2.34. The smallest absolute Gasteiger partial charge is 0.518 e. The van der Waals surface area contributed by atoms with Gasteiger partial charge < -0.3 is 14.3 Å². The molecule has 1 aliphatic heterocycles. The van der Waals surface area contributed by atoms with Gasteiger partial charge in [-0.05, 0) is 46.8 Å². The molecular formula is C32H29N3OPt.